The Morgan fingerprint density at radius 1 is 1.53 bits per heavy atom. The molecule has 1 heterocycles. The summed E-state index contributed by atoms with van der Waals surface area (Å²) in [5.41, 5.74) is 0.0412. The third-order valence-corrected chi connectivity index (χ3v) is 2.66. The van der Waals surface area contributed by atoms with Gasteiger partial charge >= 0.3 is 0 Å². The summed E-state index contributed by atoms with van der Waals surface area (Å²) >= 11 is 0. The Labute approximate surface area is 98.0 Å². The number of benzene rings is 1. The van der Waals surface area contributed by atoms with Crippen molar-refractivity contribution in [2.75, 3.05) is 18.1 Å². The summed E-state index contributed by atoms with van der Waals surface area (Å²) in [6.45, 7) is 2.30. The molecule has 0 radical (unpaired) electrons. The van der Waals surface area contributed by atoms with Gasteiger partial charge in [-0.25, -0.2) is 8.78 Å². The molecule has 0 saturated carbocycles. The van der Waals surface area contributed by atoms with E-state index in [4.69, 9.17) is 4.74 Å². The number of nitrogens with zero attached hydrogens (tertiary/aromatic N) is 1. The zero-order valence-corrected chi connectivity index (χ0v) is 9.45. The van der Waals surface area contributed by atoms with Gasteiger partial charge in [0.05, 0.1) is 6.61 Å². The van der Waals surface area contributed by atoms with Gasteiger partial charge in [-0.1, -0.05) is 6.07 Å². The van der Waals surface area contributed by atoms with E-state index in [0.717, 1.165) is 4.90 Å². The van der Waals surface area contributed by atoms with Crippen molar-refractivity contribution in [1.29, 1.82) is 0 Å². The zero-order chi connectivity index (χ0) is 12.4. The van der Waals surface area contributed by atoms with Crippen molar-refractivity contribution in [1.82, 2.24) is 0 Å². The summed E-state index contributed by atoms with van der Waals surface area (Å²) in [7, 11) is 0. The van der Waals surface area contributed by atoms with Crippen LogP contribution >= 0.6 is 0 Å². The average Bonchev–Trinajstić information content (AvgIpc) is 2.61. The lowest BCUT2D eigenvalue weighted by Crippen LogP contribution is -2.28. The average molecular weight is 241 g/mol. The van der Waals surface area contributed by atoms with Gasteiger partial charge in [0.2, 0.25) is 0 Å². The Bertz CT molecular complexity index is 437. The molecule has 1 aliphatic rings. The number of halogens is 2. The summed E-state index contributed by atoms with van der Waals surface area (Å²) in [5, 5.41) is 0. The summed E-state index contributed by atoms with van der Waals surface area (Å²) in [5.74, 6) is -0.996. The lowest BCUT2D eigenvalue weighted by atomic mass is 10.2. The van der Waals surface area contributed by atoms with Crippen molar-refractivity contribution in [3.63, 3.8) is 0 Å². The first-order valence-corrected chi connectivity index (χ1v) is 5.52. The molecular weight excluding hydrogens is 228 g/mol. The number of amides is 1. The number of carbonyl (C=O) groups is 1. The van der Waals surface area contributed by atoms with Crippen molar-refractivity contribution in [3.8, 4) is 5.75 Å². The van der Waals surface area contributed by atoms with Crippen molar-refractivity contribution in [3.05, 3.63) is 24.0 Å². The van der Waals surface area contributed by atoms with Crippen LogP contribution in [-0.2, 0) is 4.79 Å². The Kier molecular flexibility index (Phi) is 3.26. The Morgan fingerprint density at radius 3 is 2.88 bits per heavy atom. The normalized spacial score (nSPS) is 19.8. The van der Waals surface area contributed by atoms with Gasteiger partial charge in [-0.05, 0) is 19.1 Å². The SMILES string of the molecule is CCOc1cccc(F)c1N1CCC(F)C1=O. The number of alkyl halides is 1. The van der Waals surface area contributed by atoms with E-state index in [9.17, 15) is 13.6 Å². The molecule has 0 spiro atoms. The maximum atomic E-state index is 13.7. The van der Waals surface area contributed by atoms with Crippen LogP contribution < -0.4 is 9.64 Å². The molecule has 17 heavy (non-hydrogen) atoms. The molecule has 1 atom stereocenters. The molecule has 1 aromatic rings. The highest BCUT2D eigenvalue weighted by Gasteiger charge is 2.35. The van der Waals surface area contributed by atoms with E-state index in [0.29, 0.717) is 6.61 Å². The fourth-order valence-corrected chi connectivity index (χ4v) is 1.90. The van der Waals surface area contributed by atoms with Gasteiger partial charge in [-0.3, -0.25) is 4.79 Å². The number of rotatable bonds is 3. The molecule has 1 fully saturated rings. The van der Waals surface area contributed by atoms with Gasteiger partial charge in [-0.15, -0.1) is 0 Å². The topological polar surface area (TPSA) is 29.5 Å². The Morgan fingerprint density at radius 2 is 2.29 bits per heavy atom. The fraction of sp³-hybridized carbons (Fsp3) is 0.417. The predicted molar refractivity (Wildman–Crippen MR) is 59.4 cm³/mol. The number of hydrogen-bond acceptors (Lipinski definition) is 2. The fourth-order valence-electron chi connectivity index (χ4n) is 1.90. The number of para-hydroxylation sites is 1. The van der Waals surface area contributed by atoms with Gasteiger partial charge < -0.3 is 9.64 Å². The number of carbonyl (C=O) groups excluding carboxylic acids is 1. The van der Waals surface area contributed by atoms with Crippen LogP contribution in [0.15, 0.2) is 18.2 Å². The monoisotopic (exact) mass is 241 g/mol. The molecule has 1 saturated heterocycles. The first-order chi connectivity index (χ1) is 8.15. The van der Waals surface area contributed by atoms with Crippen molar-refractivity contribution < 1.29 is 18.3 Å². The lowest BCUT2D eigenvalue weighted by Gasteiger charge is -2.19. The van der Waals surface area contributed by atoms with Crippen molar-refractivity contribution >= 4 is 11.6 Å². The van der Waals surface area contributed by atoms with Crippen molar-refractivity contribution in [2.45, 2.75) is 19.5 Å². The van der Waals surface area contributed by atoms with Gasteiger partial charge in [0.25, 0.3) is 5.91 Å². The minimum absolute atomic E-state index is 0.0412. The third-order valence-electron chi connectivity index (χ3n) is 2.66. The second kappa shape index (κ2) is 4.69. The van der Waals surface area contributed by atoms with Crippen LogP contribution in [0.25, 0.3) is 0 Å². The van der Waals surface area contributed by atoms with E-state index in [1.54, 1.807) is 13.0 Å². The second-order valence-electron chi connectivity index (χ2n) is 3.77. The van der Waals surface area contributed by atoms with Gasteiger partial charge in [0, 0.05) is 13.0 Å². The summed E-state index contributed by atoms with van der Waals surface area (Å²) in [4.78, 5) is 12.7. The van der Waals surface area contributed by atoms with Crippen LogP contribution in [-0.4, -0.2) is 25.2 Å². The highest BCUT2D eigenvalue weighted by Crippen LogP contribution is 2.34. The number of anilines is 1. The van der Waals surface area contributed by atoms with E-state index in [-0.39, 0.29) is 24.4 Å². The third kappa shape index (κ3) is 2.09. The first kappa shape index (κ1) is 11.8. The van der Waals surface area contributed by atoms with Crippen LogP contribution in [0.5, 0.6) is 5.75 Å². The number of ether oxygens (including phenoxy) is 1. The molecule has 1 unspecified atom stereocenters. The second-order valence-corrected chi connectivity index (χ2v) is 3.77. The van der Waals surface area contributed by atoms with Gasteiger partial charge in [0.15, 0.2) is 12.0 Å². The molecular formula is C12H13F2NO2. The molecule has 0 N–H and O–H groups in total. The van der Waals surface area contributed by atoms with E-state index in [2.05, 4.69) is 0 Å². The predicted octanol–water partition coefficient (Wildman–Crippen LogP) is 2.30. The molecule has 3 nitrogen and oxygen atoms in total. The van der Waals surface area contributed by atoms with Crippen LogP contribution in [0.3, 0.4) is 0 Å². The van der Waals surface area contributed by atoms with Gasteiger partial charge in [0.1, 0.15) is 11.4 Å². The summed E-state index contributed by atoms with van der Waals surface area (Å²) in [6.07, 6.45) is -1.44. The first-order valence-electron chi connectivity index (χ1n) is 5.52. The van der Waals surface area contributed by atoms with Crippen LogP contribution in [0.2, 0.25) is 0 Å². The van der Waals surface area contributed by atoms with Crippen LogP contribution in [0.4, 0.5) is 14.5 Å². The molecule has 0 aromatic heterocycles. The molecule has 92 valence electrons. The van der Waals surface area contributed by atoms with E-state index >= 15 is 0 Å². The minimum atomic E-state index is -1.54. The number of hydrogen-bond donors (Lipinski definition) is 0. The van der Waals surface area contributed by atoms with Crippen LogP contribution in [0, 0.1) is 5.82 Å². The maximum absolute atomic E-state index is 13.7. The molecule has 5 heteroatoms. The van der Waals surface area contributed by atoms with E-state index in [1.165, 1.54) is 12.1 Å². The lowest BCUT2D eigenvalue weighted by molar-refractivity contribution is -0.121. The molecule has 0 aliphatic carbocycles. The molecule has 0 bridgehead atoms. The van der Waals surface area contributed by atoms with E-state index in [1.807, 2.05) is 0 Å². The summed E-state index contributed by atoms with van der Waals surface area (Å²) < 4.78 is 32.1. The zero-order valence-electron chi connectivity index (χ0n) is 9.45. The van der Waals surface area contributed by atoms with Gasteiger partial charge in [-0.2, -0.15) is 0 Å². The van der Waals surface area contributed by atoms with E-state index < -0.39 is 17.9 Å². The minimum Gasteiger partial charge on any atom is -0.492 e. The highest BCUT2D eigenvalue weighted by molar-refractivity contribution is 6.00. The standard InChI is InChI=1S/C12H13F2NO2/c1-2-17-10-5-3-4-8(13)11(10)15-7-6-9(14)12(15)16/h3-5,9H,2,6-7H2,1H3. The summed E-state index contributed by atoms with van der Waals surface area (Å²) in [6, 6.07) is 4.30. The molecule has 1 amide bonds. The Hall–Kier alpha value is -1.65. The quantitative estimate of drug-likeness (QED) is 0.812. The molecule has 1 aromatic carbocycles. The largest absolute Gasteiger partial charge is 0.492 e. The maximum Gasteiger partial charge on any atom is 0.261 e. The van der Waals surface area contributed by atoms with Crippen LogP contribution in [0.1, 0.15) is 13.3 Å². The van der Waals surface area contributed by atoms with Crippen molar-refractivity contribution in [2.24, 2.45) is 0 Å². The smallest absolute Gasteiger partial charge is 0.261 e. The molecule has 2 rings (SSSR count). The highest BCUT2D eigenvalue weighted by atomic mass is 19.1. The molecule has 1 aliphatic heterocycles. The Balaban J connectivity index is 2.40.